The Morgan fingerprint density at radius 1 is 1.03 bits per heavy atom. The molecule has 2 aromatic heterocycles. The lowest BCUT2D eigenvalue weighted by atomic mass is 10.1. The van der Waals surface area contributed by atoms with Crippen LogP contribution in [-0.2, 0) is 6.42 Å². The normalized spacial score (nSPS) is 11.9. The fraction of sp³-hybridized carbons (Fsp3) is 0.120. The average molecular weight is 410 g/mol. The van der Waals surface area contributed by atoms with E-state index in [9.17, 15) is 0 Å². The molecule has 154 valence electrons. The first-order chi connectivity index (χ1) is 15.2. The number of anilines is 1. The van der Waals surface area contributed by atoms with E-state index in [-0.39, 0.29) is 0 Å². The molecular formula is C25H22N4O2. The molecule has 0 aliphatic heterocycles. The Bertz CT molecular complexity index is 1400. The smallest absolute Gasteiger partial charge is 0.222 e. The van der Waals surface area contributed by atoms with Crippen LogP contribution < -0.4 is 15.5 Å². The minimum Gasteiger partial charge on any atom is -0.497 e. The Kier molecular flexibility index (Phi) is 4.88. The zero-order valence-electron chi connectivity index (χ0n) is 17.3. The molecule has 0 bridgehead atoms. The molecule has 0 unspecified atom stereocenters. The molecule has 5 rings (SSSR count). The summed E-state index contributed by atoms with van der Waals surface area (Å²) < 4.78 is 11.5. The van der Waals surface area contributed by atoms with Gasteiger partial charge in [-0.3, -0.25) is 0 Å². The maximum Gasteiger partial charge on any atom is 0.222 e. The Morgan fingerprint density at radius 3 is 2.65 bits per heavy atom. The predicted octanol–water partition coefficient (Wildman–Crippen LogP) is 5.47. The number of benzene rings is 3. The van der Waals surface area contributed by atoms with E-state index in [4.69, 9.17) is 9.15 Å². The lowest BCUT2D eigenvalue weighted by molar-refractivity contribution is 0.415. The summed E-state index contributed by atoms with van der Waals surface area (Å²) in [5.74, 6) is 2.12. The van der Waals surface area contributed by atoms with E-state index >= 15 is 0 Å². The number of imidazole rings is 1. The van der Waals surface area contributed by atoms with Gasteiger partial charge < -0.3 is 14.1 Å². The molecule has 0 aliphatic carbocycles. The standard InChI is InChI=1S/C25H22N4O2/c1-3-16-8-13-23-19(14-16)22(15-24(31-23)17-9-11-18(30-2)12-10-17)28-29-25-26-20-6-4-5-7-21(20)27-25/h4-15H,3H2,1-2H3,(H2,26,27,29)/b28-22+. The molecule has 2 heterocycles. The van der Waals surface area contributed by atoms with Crippen molar-refractivity contribution in [3.8, 4) is 17.1 Å². The summed E-state index contributed by atoms with van der Waals surface area (Å²) in [7, 11) is 1.65. The van der Waals surface area contributed by atoms with E-state index in [2.05, 4.69) is 39.6 Å². The molecule has 2 N–H and O–H groups in total. The van der Waals surface area contributed by atoms with Gasteiger partial charge in [-0.2, -0.15) is 5.10 Å². The summed E-state index contributed by atoms with van der Waals surface area (Å²) in [5.41, 5.74) is 7.86. The number of hydrogen-bond donors (Lipinski definition) is 2. The van der Waals surface area contributed by atoms with Gasteiger partial charge in [0, 0.05) is 17.0 Å². The van der Waals surface area contributed by atoms with Crippen molar-refractivity contribution in [2.75, 3.05) is 12.5 Å². The van der Waals surface area contributed by atoms with Gasteiger partial charge in [-0.1, -0.05) is 25.1 Å². The number of rotatable bonds is 5. The van der Waals surface area contributed by atoms with Crippen molar-refractivity contribution in [1.82, 2.24) is 9.97 Å². The lowest BCUT2D eigenvalue weighted by Crippen LogP contribution is -2.08. The van der Waals surface area contributed by atoms with Crippen LogP contribution in [0.25, 0.3) is 33.3 Å². The van der Waals surface area contributed by atoms with Crippen LogP contribution in [0.3, 0.4) is 0 Å². The fourth-order valence-corrected chi connectivity index (χ4v) is 3.55. The van der Waals surface area contributed by atoms with Crippen molar-refractivity contribution in [2.24, 2.45) is 5.10 Å². The molecule has 0 amide bonds. The zero-order chi connectivity index (χ0) is 21.2. The predicted molar refractivity (Wildman–Crippen MR) is 123 cm³/mol. The fourth-order valence-electron chi connectivity index (χ4n) is 3.55. The van der Waals surface area contributed by atoms with Crippen LogP contribution in [0.5, 0.6) is 5.75 Å². The molecule has 3 aromatic carbocycles. The minimum atomic E-state index is 0.591. The van der Waals surface area contributed by atoms with Crippen molar-refractivity contribution in [1.29, 1.82) is 0 Å². The second-order valence-electron chi connectivity index (χ2n) is 7.23. The van der Waals surface area contributed by atoms with Crippen LogP contribution in [0.1, 0.15) is 12.5 Å². The summed E-state index contributed by atoms with van der Waals surface area (Å²) in [6.07, 6.45) is 0.937. The summed E-state index contributed by atoms with van der Waals surface area (Å²) in [4.78, 5) is 7.79. The number of aromatic amines is 1. The first kappa shape index (κ1) is 18.9. The number of H-pyrrole nitrogens is 1. The summed E-state index contributed by atoms with van der Waals surface area (Å²) >= 11 is 0. The van der Waals surface area contributed by atoms with E-state index in [0.717, 1.165) is 50.9 Å². The van der Waals surface area contributed by atoms with Gasteiger partial charge >= 0.3 is 0 Å². The van der Waals surface area contributed by atoms with Gasteiger partial charge in [0.1, 0.15) is 17.1 Å². The van der Waals surface area contributed by atoms with Crippen LogP contribution in [0.4, 0.5) is 5.95 Å². The van der Waals surface area contributed by atoms with Crippen LogP contribution >= 0.6 is 0 Å². The van der Waals surface area contributed by atoms with Crippen LogP contribution in [0, 0.1) is 0 Å². The first-order valence-corrected chi connectivity index (χ1v) is 10.2. The molecule has 0 atom stereocenters. The number of nitrogens with one attached hydrogen (secondary N) is 2. The van der Waals surface area contributed by atoms with Crippen molar-refractivity contribution in [3.63, 3.8) is 0 Å². The van der Waals surface area contributed by atoms with Crippen LogP contribution in [0.2, 0.25) is 0 Å². The van der Waals surface area contributed by atoms with E-state index < -0.39 is 0 Å². The minimum absolute atomic E-state index is 0.591. The third-order valence-corrected chi connectivity index (χ3v) is 5.26. The van der Waals surface area contributed by atoms with Crippen molar-refractivity contribution in [2.45, 2.75) is 13.3 Å². The van der Waals surface area contributed by atoms with Gasteiger partial charge in [-0.05, 0) is 60.5 Å². The Balaban J connectivity index is 1.63. The highest BCUT2D eigenvalue weighted by Crippen LogP contribution is 2.25. The third kappa shape index (κ3) is 3.75. The summed E-state index contributed by atoms with van der Waals surface area (Å²) in [6.45, 7) is 2.13. The van der Waals surface area contributed by atoms with Crippen molar-refractivity contribution >= 4 is 28.0 Å². The SMILES string of the molecule is CCc1ccc2oc(-c3ccc(OC)cc3)c/c(=N\Nc3nc4ccccc4[nH]3)c2c1. The van der Waals surface area contributed by atoms with Gasteiger partial charge in [0.2, 0.25) is 5.95 Å². The van der Waals surface area contributed by atoms with Crippen LogP contribution in [0.15, 0.2) is 82.3 Å². The lowest BCUT2D eigenvalue weighted by Gasteiger charge is -2.07. The van der Waals surface area contributed by atoms with E-state index in [1.165, 1.54) is 5.56 Å². The maximum absolute atomic E-state index is 6.21. The van der Waals surface area contributed by atoms with Crippen LogP contribution in [-0.4, -0.2) is 17.1 Å². The van der Waals surface area contributed by atoms with E-state index in [0.29, 0.717) is 5.95 Å². The molecule has 31 heavy (non-hydrogen) atoms. The number of methoxy groups -OCH3 is 1. The molecule has 0 saturated carbocycles. The summed E-state index contributed by atoms with van der Waals surface area (Å²) in [5, 5.41) is 6.39. The highest BCUT2D eigenvalue weighted by atomic mass is 16.5. The Morgan fingerprint density at radius 2 is 1.87 bits per heavy atom. The summed E-state index contributed by atoms with van der Waals surface area (Å²) in [6, 6.07) is 23.8. The molecule has 0 spiro atoms. The van der Waals surface area contributed by atoms with Gasteiger partial charge in [-0.25, -0.2) is 10.4 Å². The Labute approximate surface area is 179 Å². The second kappa shape index (κ2) is 7.99. The largest absolute Gasteiger partial charge is 0.497 e. The van der Waals surface area contributed by atoms with Crippen molar-refractivity contribution < 1.29 is 9.15 Å². The average Bonchev–Trinajstić information content (AvgIpc) is 3.25. The topological polar surface area (TPSA) is 75.4 Å². The molecule has 5 aromatic rings. The highest BCUT2D eigenvalue weighted by Gasteiger charge is 2.08. The molecule has 0 aliphatic rings. The second-order valence-corrected chi connectivity index (χ2v) is 7.23. The number of hydrogen-bond acceptors (Lipinski definition) is 5. The molecule has 6 nitrogen and oxygen atoms in total. The van der Waals surface area contributed by atoms with Gasteiger partial charge in [0.25, 0.3) is 0 Å². The number of para-hydroxylation sites is 2. The Hall–Kier alpha value is -4.06. The van der Waals surface area contributed by atoms with Gasteiger partial charge in [-0.15, -0.1) is 0 Å². The molecule has 0 radical (unpaired) electrons. The monoisotopic (exact) mass is 410 g/mol. The zero-order valence-corrected chi connectivity index (χ0v) is 17.3. The number of fused-ring (bicyclic) bond motifs is 2. The quantitative estimate of drug-likeness (QED) is 0.377. The molecule has 0 fully saturated rings. The van der Waals surface area contributed by atoms with E-state index in [1.807, 2.05) is 60.7 Å². The number of aromatic nitrogens is 2. The number of nitrogens with zero attached hydrogens (tertiary/aromatic N) is 2. The number of aryl methyl sites for hydroxylation is 1. The third-order valence-electron chi connectivity index (χ3n) is 5.26. The number of ether oxygens (including phenoxy) is 1. The van der Waals surface area contributed by atoms with Crippen molar-refractivity contribution in [3.05, 3.63) is 83.7 Å². The first-order valence-electron chi connectivity index (χ1n) is 10.2. The van der Waals surface area contributed by atoms with Gasteiger partial charge in [0.05, 0.1) is 23.5 Å². The van der Waals surface area contributed by atoms with E-state index in [1.54, 1.807) is 7.11 Å². The highest BCUT2D eigenvalue weighted by molar-refractivity contribution is 5.80. The molecule has 6 heteroatoms. The van der Waals surface area contributed by atoms with Gasteiger partial charge in [0.15, 0.2) is 0 Å². The molecule has 0 saturated heterocycles. The molecular weight excluding hydrogens is 388 g/mol. The maximum atomic E-state index is 6.21.